The fourth-order valence-electron chi connectivity index (χ4n) is 1.83. The average Bonchev–Trinajstić information content (AvgIpc) is 2.39. The number of nitrogens with one attached hydrogen (secondary N) is 1. The normalized spacial score (nSPS) is 13.0. The van der Waals surface area contributed by atoms with E-state index in [1.54, 1.807) is 30.6 Å². The molecule has 20 heavy (non-hydrogen) atoms. The number of alkyl halides is 3. The van der Waals surface area contributed by atoms with Crippen LogP contribution in [0.1, 0.15) is 17.2 Å². The van der Waals surface area contributed by atoms with Crippen LogP contribution in [0.2, 0.25) is 0 Å². The third-order valence-electron chi connectivity index (χ3n) is 2.63. The van der Waals surface area contributed by atoms with Crippen LogP contribution in [0.5, 0.6) is 5.75 Å². The maximum atomic E-state index is 12.2. The number of aromatic nitrogens is 1. The number of rotatable bonds is 4. The lowest BCUT2D eigenvalue weighted by Gasteiger charge is -2.18. The van der Waals surface area contributed by atoms with Crippen LogP contribution >= 0.6 is 0 Å². The quantitative estimate of drug-likeness (QED) is 0.668. The third-order valence-corrected chi connectivity index (χ3v) is 2.63. The largest absolute Gasteiger partial charge is 0.573 e. The highest BCUT2D eigenvalue weighted by Gasteiger charge is 2.31. The highest BCUT2D eigenvalue weighted by molar-refractivity contribution is 5.36. The van der Waals surface area contributed by atoms with Crippen molar-refractivity contribution in [3.8, 4) is 5.75 Å². The fourth-order valence-corrected chi connectivity index (χ4v) is 1.83. The molecule has 1 aromatic heterocycles. The smallest absolute Gasteiger partial charge is 0.406 e. The summed E-state index contributed by atoms with van der Waals surface area (Å²) in [7, 11) is 0. The zero-order valence-corrected chi connectivity index (χ0v) is 10.3. The number of hydrogen-bond donors (Lipinski definition) is 2. The number of hydrogen-bond acceptors (Lipinski definition) is 4. The zero-order valence-electron chi connectivity index (χ0n) is 10.3. The van der Waals surface area contributed by atoms with Gasteiger partial charge in [-0.25, -0.2) is 5.43 Å². The molecule has 2 aromatic rings. The number of nitrogens with two attached hydrogens (primary N) is 1. The standard InChI is InChI=1S/C13H12F3N3O/c14-13(15,16)20-11-3-1-2-10(8-11)12(19-17)9-4-6-18-7-5-9/h1-8,12,19H,17H2. The first-order valence-corrected chi connectivity index (χ1v) is 5.71. The van der Waals surface area contributed by atoms with Gasteiger partial charge in [-0.3, -0.25) is 10.8 Å². The summed E-state index contributed by atoms with van der Waals surface area (Å²) in [4.78, 5) is 3.88. The minimum Gasteiger partial charge on any atom is -0.406 e. The van der Waals surface area contributed by atoms with Crippen LogP contribution in [0, 0.1) is 0 Å². The molecule has 0 fully saturated rings. The number of benzene rings is 1. The van der Waals surface area contributed by atoms with Gasteiger partial charge in [0.15, 0.2) is 0 Å². The van der Waals surface area contributed by atoms with E-state index in [2.05, 4.69) is 15.1 Å². The summed E-state index contributed by atoms with van der Waals surface area (Å²) in [5, 5.41) is 0. The van der Waals surface area contributed by atoms with Gasteiger partial charge in [0.05, 0.1) is 6.04 Å². The topological polar surface area (TPSA) is 60.2 Å². The Hall–Kier alpha value is -2.12. The molecular formula is C13H12F3N3O. The van der Waals surface area contributed by atoms with E-state index in [1.165, 1.54) is 18.2 Å². The Labute approximate surface area is 113 Å². The van der Waals surface area contributed by atoms with Gasteiger partial charge in [0.2, 0.25) is 0 Å². The highest BCUT2D eigenvalue weighted by Crippen LogP contribution is 2.27. The summed E-state index contributed by atoms with van der Waals surface area (Å²) < 4.78 is 40.5. The van der Waals surface area contributed by atoms with Crippen LogP contribution in [0.15, 0.2) is 48.8 Å². The van der Waals surface area contributed by atoms with Gasteiger partial charge in [0, 0.05) is 12.4 Å². The van der Waals surface area contributed by atoms with Crippen LogP contribution in [0.4, 0.5) is 13.2 Å². The van der Waals surface area contributed by atoms with Crippen molar-refractivity contribution in [2.75, 3.05) is 0 Å². The minimum absolute atomic E-state index is 0.288. The monoisotopic (exact) mass is 283 g/mol. The van der Waals surface area contributed by atoms with Gasteiger partial charge in [0.1, 0.15) is 5.75 Å². The zero-order chi connectivity index (χ0) is 14.6. The second kappa shape index (κ2) is 5.89. The van der Waals surface area contributed by atoms with Crippen LogP contribution in [0.25, 0.3) is 0 Å². The molecule has 7 heteroatoms. The Bertz CT molecular complexity index is 560. The van der Waals surface area contributed by atoms with E-state index < -0.39 is 12.4 Å². The molecule has 106 valence electrons. The second-order valence-electron chi connectivity index (χ2n) is 4.00. The van der Waals surface area contributed by atoms with Crippen molar-refractivity contribution in [2.45, 2.75) is 12.4 Å². The first kappa shape index (κ1) is 14.3. The van der Waals surface area contributed by atoms with Gasteiger partial charge in [-0.2, -0.15) is 0 Å². The summed E-state index contributed by atoms with van der Waals surface area (Å²) >= 11 is 0. The Morgan fingerprint density at radius 1 is 1.10 bits per heavy atom. The lowest BCUT2D eigenvalue weighted by Crippen LogP contribution is -2.29. The molecule has 0 aliphatic rings. The molecule has 2 rings (SSSR count). The van der Waals surface area contributed by atoms with E-state index in [0.29, 0.717) is 5.56 Å². The third kappa shape index (κ3) is 3.69. The lowest BCUT2D eigenvalue weighted by atomic mass is 10.0. The van der Waals surface area contributed by atoms with Crippen molar-refractivity contribution < 1.29 is 17.9 Å². The Morgan fingerprint density at radius 2 is 1.80 bits per heavy atom. The first-order valence-electron chi connectivity index (χ1n) is 5.71. The van der Waals surface area contributed by atoms with Crippen LogP contribution in [0.3, 0.4) is 0 Å². The van der Waals surface area contributed by atoms with Crippen molar-refractivity contribution in [1.82, 2.24) is 10.4 Å². The number of halogens is 3. The molecule has 1 aromatic carbocycles. The van der Waals surface area contributed by atoms with Crippen molar-refractivity contribution >= 4 is 0 Å². The Balaban J connectivity index is 2.29. The van der Waals surface area contributed by atoms with Gasteiger partial charge in [-0.15, -0.1) is 13.2 Å². The molecule has 0 saturated heterocycles. The molecule has 1 unspecified atom stereocenters. The maximum Gasteiger partial charge on any atom is 0.573 e. The lowest BCUT2D eigenvalue weighted by molar-refractivity contribution is -0.274. The Kier molecular flexibility index (Phi) is 4.21. The molecule has 3 N–H and O–H groups in total. The molecule has 0 spiro atoms. The van der Waals surface area contributed by atoms with E-state index in [9.17, 15) is 13.2 Å². The fraction of sp³-hybridized carbons (Fsp3) is 0.154. The minimum atomic E-state index is -4.72. The van der Waals surface area contributed by atoms with Crippen molar-refractivity contribution in [3.63, 3.8) is 0 Å². The van der Waals surface area contributed by atoms with Gasteiger partial charge in [-0.1, -0.05) is 12.1 Å². The second-order valence-corrected chi connectivity index (χ2v) is 4.00. The summed E-state index contributed by atoms with van der Waals surface area (Å²) in [5.41, 5.74) is 3.90. The summed E-state index contributed by atoms with van der Waals surface area (Å²) in [5.74, 6) is 5.19. The van der Waals surface area contributed by atoms with Crippen LogP contribution in [-0.2, 0) is 0 Å². The van der Waals surface area contributed by atoms with E-state index in [-0.39, 0.29) is 5.75 Å². The van der Waals surface area contributed by atoms with E-state index in [0.717, 1.165) is 5.56 Å². The molecule has 0 saturated carbocycles. The van der Waals surface area contributed by atoms with Crippen LogP contribution < -0.4 is 16.0 Å². The van der Waals surface area contributed by atoms with Gasteiger partial charge in [0.25, 0.3) is 0 Å². The van der Waals surface area contributed by atoms with Gasteiger partial charge >= 0.3 is 6.36 Å². The van der Waals surface area contributed by atoms with Crippen molar-refractivity contribution in [3.05, 3.63) is 59.9 Å². The van der Waals surface area contributed by atoms with Gasteiger partial charge in [-0.05, 0) is 35.4 Å². The summed E-state index contributed by atoms with van der Waals surface area (Å²) in [6.07, 6.45) is -1.56. The Morgan fingerprint density at radius 3 is 2.40 bits per heavy atom. The van der Waals surface area contributed by atoms with Crippen molar-refractivity contribution in [2.24, 2.45) is 5.84 Å². The molecule has 0 radical (unpaired) electrons. The highest BCUT2D eigenvalue weighted by atomic mass is 19.4. The van der Waals surface area contributed by atoms with E-state index in [4.69, 9.17) is 5.84 Å². The molecule has 4 nitrogen and oxygen atoms in total. The molecule has 1 atom stereocenters. The van der Waals surface area contributed by atoms with E-state index in [1.807, 2.05) is 0 Å². The number of ether oxygens (including phenoxy) is 1. The number of nitrogens with zero attached hydrogens (tertiary/aromatic N) is 1. The molecule has 0 amide bonds. The molecular weight excluding hydrogens is 271 g/mol. The molecule has 0 aliphatic carbocycles. The summed E-state index contributed by atoms with van der Waals surface area (Å²) in [6, 6.07) is 8.66. The number of hydrazine groups is 1. The molecule has 1 heterocycles. The maximum absolute atomic E-state index is 12.2. The van der Waals surface area contributed by atoms with Gasteiger partial charge < -0.3 is 4.74 Å². The average molecular weight is 283 g/mol. The van der Waals surface area contributed by atoms with Crippen LogP contribution in [-0.4, -0.2) is 11.3 Å². The van der Waals surface area contributed by atoms with E-state index >= 15 is 0 Å². The predicted molar refractivity (Wildman–Crippen MR) is 66.5 cm³/mol. The number of pyridine rings is 1. The molecule has 0 aliphatic heterocycles. The predicted octanol–water partition coefficient (Wildman–Crippen LogP) is 2.53. The van der Waals surface area contributed by atoms with Crippen molar-refractivity contribution in [1.29, 1.82) is 0 Å². The SMILES string of the molecule is NNC(c1ccncc1)c1cccc(OC(F)(F)F)c1. The first-order chi connectivity index (χ1) is 9.49. The summed E-state index contributed by atoms with van der Waals surface area (Å²) in [6.45, 7) is 0. The molecule has 0 bridgehead atoms.